The number of hydrogen-bond donors (Lipinski definition) is 7. The summed E-state index contributed by atoms with van der Waals surface area (Å²) in [6, 6.07) is 9.84. The maximum absolute atomic E-state index is 14.3. The van der Waals surface area contributed by atoms with E-state index in [0.29, 0.717) is 79.9 Å². The van der Waals surface area contributed by atoms with Gasteiger partial charge in [0.15, 0.2) is 28.8 Å². The molecule has 534 valence electrons. The molecule has 3 aliphatic heterocycles. The number of imide groups is 1. The van der Waals surface area contributed by atoms with E-state index >= 15 is 0 Å². The highest BCUT2D eigenvalue weighted by Gasteiger charge is 2.36. The third-order valence-electron chi connectivity index (χ3n) is 16.4. The molecule has 0 unspecified atom stereocenters. The molecule has 0 aliphatic carbocycles. The monoisotopic (exact) mass is 1400 g/mol. The lowest BCUT2D eigenvalue weighted by molar-refractivity contribution is -0.137. The number of nitrogens with zero attached hydrogens (tertiary/aromatic N) is 3. The number of urea groups is 1. The number of methoxy groups -OCH3 is 2. The fraction of sp³-hybridized carbons (Fsp3) is 0.514. The van der Waals surface area contributed by atoms with E-state index in [4.69, 9.17) is 34.2 Å². The van der Waals surface area contributed by atoms with Crippen molar-refractivity contribution < 1.29 is 86.6 Å². The summed E-state index contributed by atoms with van der Waals surface area (Å²) in [5, 5.41) is 31.5. The predicted octanol–water partition coefficient (Wildman–Crippen LogP) is 8.71. The number of nitrogens with one attached hydrogen (secondary N) is 4. The summed E-state index contributed by atoms with van der Waals surface area (Å²) >= 11 is 0. The molecule has 3 aliphatic rings. The van der Waals surface area contributed by atoms with E-state index in [2.05, 4.69) is 48.3 Å². The number of aliphatic hydroxyl groups is 2. The fourth-order valence-corrected chi connectivity index (χ4v) is 13.0. The molecule has 6 rings (SSSR count). The fourth-order valence-electron chi connectivity index (χ4n) is 11.2. The Morgan fingerprint density at radius 1 is 0.673 bits per heavy atom. The molecule has 0 radical (unpaired) electrons. The van der Waals surface area contributed by atoms with Crippen LogP contribution >= 0.6 is 21.6 Å². The van der Waals surface area contributed by atoms with Crippen molar-refractivity contribution in [3.63, 3.8) is 0 Å². The Kier molecular flexibility index (Phi) is 31.8. The maximum Gasteiger partial charge on any atom is 0.411 e. The average Bonchev–Trinajstić information content (AvgIpc) is 1.45. The van der Waals surface area contributed by atoms with Crippen LogP contribution in [-0.4, -0.2) is 187 Å². The second-order valence-electron chi connectivity index (χ2n) is 24.8. The van der Waals surface area contributed by atoms with Crippen LogP contribution < -0.4 is 45.9 Å². The van der Waals surface area contributed by atoms with Crippen molar-refractivity contribution >= 4 is 92.3 Å². The SMILES string of the molecule is C=C1C[C@@H](CO)N(C(=O)c2cc(OC)c(OCCCCCOc3cc(NC(=O)OCc4ccc(CC(=O)[C@H](CCCNC(N)=O)NC(=O)[C@@H](CC(=O)CCCCCN5C(=O)C=CC5=O)C(C)C)cc4)c(C(=O)N4CC(=C)C[C@H]4CO)cc3OC)cc2NC(=O)OCCSSC(C)C)C1. The van der Waals surface area contributed by atoms with Crippen LogP contribution in [0.2, 0.25) is 0 Å². The number of hydrogen-bond acceptors (Lipinski definition) is 20. The van der Waals surface area contributed by atoms with Crippen LogP contribution in [-0.2, 0) is 46.5 Å². The number of ketones is 2. The van der Waals surface area contributed by atoms with Crippen LogP contribution in [0.1, 0.15) is 137 Å². The summed E-state index contributed by atoms with van der Waals surface area (Å²) in [5.41, 5.74) is 8.22. The normalized spacial score (nSPS) is 15.7. The number of rotatable bonds is 41. The van der Waals surface area contributed by atoms with Crippen molar-refractivity contribution in [3.8, 4) is 23.0 Å². The van der Waals surface area contributed by atoms with Crippen LogP contribution in [0.25, 0.3) is 0 Å². The molecule has 2 saturated heterocycles. The van der Waals surface area contributed by atoms with E-state index in [1.165, 1.54) is 60.4 Å². The number of likely N-dealkylation sites (tertiary alicyclic amines) is 2. The van der Waals surface area contributed by atoms with Gasteiger partial charge in [-0.3, -0.25) is 49.1 Å². The Morgan fingerprint density at radius 2 is 1.20 bits per heavy atom. The molecule has 3 aromatic carbocycles. The smallest absolute Gasteiger partial charge is 0.411 e. The number of ether oxygens (including phenoxy) is 6. The Balaban J connectivity index is 1.06. The molecule has 0 spiro atoms. The molecule has 98 heavy (non-hydrogen) atoms. The van der Waals surface area contributed by atoms with Crippen molar-refractivity contribution in [1.29, 1.82) is 0 Å². The topological polar surface area (TPSA) is 350 Å². The molecule has 4 atom stereocenters. The van der Waals surface area contributed by atoms with Crippen LogP contribution in [0.5, 0.6) is 23.0 Å². The Hall–Kier alpha value is -8.60. The molecule has 8 N–H and O–H groups in total. The van der Waals surface area contributed by atoms with Crippen molar-refractivity contribution in [3.05, 3.63) is 107 Å². The van der Waals surface area contributed by atoms with E-state index in [1.807, 2.05) is 13.8 Å². The summed E-state index contributed by atoms with van der Waals surface area (Å²) in [4.78, 5) is 135. The number of nitrogens with two attached hydrogens (primary N) is 1. The second kappa shape index (κ2) is 39.7. The molecule has 26 nitrogen and oxygen atoms in total. The van der Waals surface area contributed by atoms with Gasteiger partial charge in [0.2, 0.25) is 5.91 Å². The Bertz CT molecular complexity index is 3340. The summed E-state index contributed by atoms with van der Waals surface area (Å²) in [5.74, 6) is -2.15. The van der Waals surface area contributed by atoms with E-state index in [0.717, 1.165) is 16.0 Å². The highest BCUT2D eigenvalue weighted by Crippen LogP contribution is 2.39. The van der Waals surface area contributed by atoms with Crippen molar-refractivity contribution in [2.24, 2.45) is 17.6 Å². The maximum atomic E-state index is 14.3. The third-order valence-corrected chi connectivity index (χ3v) is 19.4. The first kappa shape index (κ1) is 78.4. The van der Waals surface area contributed by atoms with Crippen LogP contribution in [0.4, 0.5) is 25.8 Å². The Labute approximate surface area is 580 Å². The lowest BCUT2D eigenvalue weighted by Gasteiger charge is -2.25. The summed E-state index contributed by atoms with van der Waals surface area (Å²) < 4.78 is 34.9. The van der Waals surface area contributed by atoms with Gasteiger partial charge < -0.3 is 64.8 Å². The van der Waals surface area contributed by atoms with E-state index < -0.39 is 60.0 Å². The minimum atomic E-state index is -0.976. The van der Waals surface area contributed by atoms with Crippen LogP contribution in [0, 0.1) is 11.8 Å². The molecular weight excluding hydrogens is 1300 g/mol. The number of amides is 9. The molecule has 0 saturated carbocycles. The largest absolute Gasteiger partial charge is 0.493 e. The van der Waals surface area contributed by atoms with Crippen molar-refractivity contribution in [2.45, 2.75) is 141 Å². The highest BCUT2D eigenvalue weighted by molar-refractivity contribution is 8.76. The first-order valence-corrected chi connectivity index (χ1v) is 35.3. The van der Waals surface area contributed by atoms with Gasteiger partial charge in [-0.2, -0.15) is 0 Å². The number of Topliss-reactive ketones (excluding diaryl/α,β-unsaturated/α-hetero) is 2. The first-order chi connectivity index (χ1) is 46.9. The van der Waals surface area contributed by atoms with E-state index in [9.17, 15) is 58.2 Å². The predicted molar refractivity (Wildman–Crippen MR) is 372 cm³/mol. The van der Waals surface area contributed by atoms with Crippen LogP contribution in [0.3, 0.4) is 0 Å². The number of primary amides is 1. The number of unbranched alkanes of at least 4 members (excludes halogenated alkanes) is 4. The van der Waals surface area contributed by atoms with Crippen molar-refractivity contribution in [2.75, 3.05) is 89.8 Å². The molecule has 0 bridgehead atoms. The standard InChI is InChI=1S/C70H94N8O18S2/c1-43(2)52(33-51(81)16-11-9-12-25-76-63(83)22-23-64(76)84)65(85)73-55(17-15-24-72-68(71)88)58(82)32-47-18-20-48(21-19-47)42-96-70(90)75-57-37-62(60(92-8)35-54(57)67(87)78-39-46(6)31-50(78)41-80)94-27-14-10-13-26-93-61-36-56(74-69(89)95-28-29-97-98-44(3)4)53(34-59(61)91-7)66(86)77-38-45(5)30-49(77)40-79/h18-23,34-37,43-44,49-50,52,55,79-80H,5-6,9-17,24-33,38-42H2,1-4,7-8H3,(H,73,85)(H,74,89)(H,75,90)(H3,71,72,88)/t49-,50-,52-,55-/m0/s1. The molecule has 3 aromatic rings. The quantitative estimate of drug-likeness (QED) is 0.0121. The van der Waals surface area contributed by atoms with Gasteiger partial charge in [0.25, 0.3) is 23.6 Å². The number of carbonyl (C=O) groups excluding carboxylic acids is 10. The summed E-state index contributed by atoms with van der Waals surface area (Å²) in [6.45, 7) is 16.3. The molecule has 9 amide bonds. The first-order valence-electron chi connectivity index (χ1n) is 33.0. The van der Waals surface area contributed by atoms with Gasteiger partial charge in [-0.25, -0.2) is 14.4 Å². The number of anilines is 2. The average molecular weight is 1400 g/mol. The molecule has 2 fully saturated rings. The number of aliphatic hydroxyl groups excluding tert-OH is 2. The minimum Gasteiger partial charge on any atom is -0.493 e. The molecule has 0 aromatic heterocycles. The highest BCUT2D eigenvalue weighted by atomic mass is 33.1. The molecular formula is C70H94N8O18S2. The van der Waals surface area contributed by atoms with Gasteiger partial charge in [-0.05, 0) is 87.0 Å². The zero-order valence-corrected chi connectivity index (χ0v) is 58.4. The molecule has 3 heterocycles. The number of benzene rings is 3. The molecule has 28 heteroatoms. The number of carbonyl (C=O) groups is 10. The van der Waals surface area contributed by atoms with E-state index in [1.54, 1.807) is 45.9 Å². The van der Waals surface area contributed by atoms with E-state index in [-0.39, 0.29) is 166 Å². The lowest BCUT2D eigenvalue weighted by Crippen LogP contribution is -2.46. The third kappa shape index (κ3) is 24.1. The van der Waals surface area contributed by atoms with Gasteiger partial charge in [-0.1, -0.05) is 104 Å². The summed E-state index contributed by atoms with van der Waals surface area (Å²) in [7, 11) is 6.08. The Morgan fingerprint density at radius 3 is 1.71 bits per heavy atom. The van der Waals surface area contributed by atoms with Crippen molar-refractivity contribution in [1.82, 2.24) is 25.3 Å². The zero-order valence-electron chi connectivity index (χ0n) is 56.8. The van der Waals surface area contributed by atoms with Gasteiger partial charge in [-0.15, -0.1) is 0 Å². The van der Waals surface area contributed by atoms with Gasteiger partial charge in [0.1, 0.15) is 19.0 Å². The lowest BCUT2D eigenvalue weighted by atomic mass is 9.88. The zero-order chi connectivity index (χ0) is 71.4. The minimum absolute atomic E-state index is 0.0294. The van der Waals surface area contributed by atoms with Gasteiger partial charge >= 0.3 is 18.2 Å². The van der Waals surface area contributed by atoms with Gasteiger partial charge in [0.05, 0.1) is 81.3 Å². The second-order valence-corrected chi connectivity index (χ2v) is 27.8. The van der Waals surface area contributed by atoms with Crippen LogP contribution in [0.15, 0.2) is 85.0 Å². The van der Waals surface area contributed by atoms with Gasteiger partial charge in [0, 0.05) is 86.6 Å². The summed E-state index contributed by atoms with van der Waals surface area (Å²) in [6.07, 6.45) is 5.38.